The summed E-state index contributed by atoms with van der Waals surface area (Å²) in [5, 5.41) is 8.21. The molecule has 0 aliphatic rings. The van der Waals surface area contributed by atoms with E-state index in [2.05, 4.69) is 19.3 Å². The van der Waals surface area contributed by atoms with Crippen molar-refractivity contribution in [2.75, 3.05) is 6.54 Å². The third-order valence-electron chi connectivity index (χ3n) is 1.22. The van der Waals surface area contributed by atoms with Crippen LogP contribution in [0.15, 0.2) is 0 Å². The third-order valence-corrected chi connectivity index (χ3v) is 1.22. The van der Waals surface area contributed by atoms with E-state index in [1.807, 2.05) is 0 Å². The lowest BCUT2D eigenvalue weighted by Crippen LogP contribution is -2.16. The molecule has 1 unspecified atom stereocenters. The average molecular weight is 117 g/mol. The van der Waals surface area contributed by atoms with Gasteiger partial charge in [-0.3, -0.25) is 0 Å². The maximum atomic E-state index is 8.21. The van der Waals surface area contributed by atoms with Crippen LogP contribution in [-0.2, 0) is 0 Å². The van der Waals surface area contributed by atoms with Crippen LogP contribution >= 0.6 is 0 Å². The second-order valence-corrected chi connectivity index (χ2v) is 2.26. The first-order valence-corrected chi connectivity index (χ1v) is 3.18. The minimum absolute atomic E-state index is 0.602. The Morgan fingerprint density at radius 3 is 2.62 bits per heavy atom. The predicted octanol–water partition coefficient (Wildman–Crippen LogP) is 1.40. The van der Waals surface area contributed by atoms with Crippen molar-refractivity contribution in [2.24, 2.45) is 5.92 Å². The molecule has 0 aromatic carbocycles. The molecule has 2 nitrogen and oxygen atoms in total. The molecule has 0 aliphatic carbocycles. The van der Waals surface area contributed by atoms with Gasteiger partial charge < -0.3 is 5.21 Å². The minimum atomic E-state index is 0.602. The topological polar surface area (TPSA) is 32.3 Å². The molecule has 0 aromatic rings. The lowest BCUT2D eigenvalue weighted by atomic mass is 10.1. The van der Waals surface area contributed by atoms with Crippen molar-refractivity contribution in [3.63, 3.8) is 0 Å². The quantitative estimate of drug-likeness (QED) is 0.545. The Morgan fingerprint density at radius 2 is 2.25 bits per heavy atom. The van der Waals surface area contributed by atoms with Gasteiger partial charge in [-0.05, 0) is 12.3 Å². The fraction of sp³-hybridized carbons (Fsp3) is 1.00. The summed E-state index contributed by atoms with van der Waals surface area (Å²) in [6, 6.07) is 0. The van der Waals surface area contributed by atoms with Gasteiger partial charge in [-0.15, -0.1) is 0 Å². The van der Waals surface area contributed by atoms with Crippen molar-refractivity contribution in [1.82, 2.24) is 5.48 Å². The first-order valence-electron chi connectivity index (χ1n) is 3.18. The van der Waals surface area contributed by atoms with E-state index in [9.17, 15) is 0 Å². The van der Waals surface area contributed by atoms with E-state index in [0.29, 0.717) is 12.5 Å². The maximum Gasteiger partial charge on any atom is 0.0233 e. The molecule has 0 saturated carbocycles. The fourth-order valence-corrected chi connectivity index (χ4v) is 0.751. The first-order chi connectivity index (χ1) is 3.81. The van der Waals surface area contributed by atoms with Crippen LogP contribution in [0.1, 0.15) is 26.7 Å². The number of hydrogen-bond donors (Lipinski definition) is 2. The molecule has 8 heavy (non-hydrogen) atoms. The van der Waals surface area contributed by atoms with Crippen molar-refractivity contribution in [2.45, 2.75) is 26.7 Å². The highest BCUT2D eigenvalue weighted by Crippen LogP contribution is 2.01. The summed E-state index contributed by atoms with van der Waals surface area (Å²) >= 11 is 0. The molecule has 0 saturated heterocycles. The molecule has 0 heterocycles. The molecule has 50 valence electrons. The fourth-order valence-electron chi connectivity index (χ4n) is 0.751. The minimum Gasteiger partial charge on any atom is -0.317 e. The van der Waals surface area contributed by atoms with Gasteiger partial charge in [-0.2, -0.15) is 0 Å². The molecule has 0 aliphatic heterocycles. The summed E-state index contributed by atoms with van der Waals surface area (Å²) in [5.41, 5.74) is 2.15. The van der Waals surface area contributed by atoms with Gasteiger partial charge in [0.2, 0.25) is 0 Å². The molecule has 0 rings (SSSR count). The smallest absolute Gasteiger partial charge is 0.0233 e. The molecule has 1 atom stereocenters. The summed E-state index contributed by atoms with van der Waals surface area (Å²) in [6.45, 7) is 4.98. The van der Waals surface area contributed by atoms with Gasteiger partial charge in [0.1, 0.15) is 0 Å². The lowest BCUT2D eigenvalue weighted by molar-refractivity contribution is 0.149. The van der Waals surface area contributed by atoms with E-state index in [0.717, 1.165) is 0 Å². The molecule has 0 spiro atoms. The molecule has 2 heteroatoms. The SMILES string of the molecule is CCCC(C)CNO. The normalized spacial score (nSPS) is 13.9. The number of rotatable bonds is 4. The molecule has 0 amide bonds. The van der Waals surface area contributed by atoms with Gasteiger partial charge in [-0.1, -0.05) is 20.3 Å². The van der Waals surface area contributed by atoms with Crippen LogP contribution in [0.2, 0.25) is 0 Å². The summed E-state index contributed by atoms with van der Waals surface area (Å²) in [6.07, 6.45) is 2.39. The van der Waals surface area contributed by atoms with Crippen LogP contribution in [0.25, 0.3) is 0 Å². The van der Waals surface area contributed by atoms with E-state index in [1.54, 1.807) is 0 Å². The molecule has 2 N–H and O–H groups in total. The Labute approximate surface area is 50.9 Å². The Hall–Kier alpha value is -0.0800. The summed E-state index contributed by atoms with van der Waals surface area (Å²) in [7, 11) is 0. The standard InChI is InChI=1S/C6H15NO/c1-3-4-6(2)5-7-8/h6-8H,3-5H2,1-2H3. The second kappa shape index (κ2) is 5.06. The average Bonchev–Trinajstić information content (AvgIpc) is 1.68. The third kappa shape index (κ3) is 4.09. The molecular formula is C6H15NO. The Morgan fingerprint density at radius 1 is 1.62 bits per heavy atom. The largest absolute Gasteiger partial charge is 0.317 e. The molecule has 0 aromatic heterocycles. The van der Waals surface area contributed by atoms with Crippen LogP contribution in [0.5, 0.6) is 0 Å². The van der Waals surface area contributed by atoms with Crippen molar-refractivity contribution in [1.29, 1.82) is 0 Å². The predicted molar refractivity (Wildman–Crippen MR) is 33.9 cm³/mol. The van der Waals surface area contributed by atoms with E-state index in [-0.39, 0.29) is 0 Å². The van der Waals surface area contributed by atoms with E-state index in [1.165, 1.54) is 12.8 Å². The zero-order valence-corrected chi connectivity index (χ0v) is 5.65. The second-order valence-electron chi connectivity index (χ2n) is 2.26. The van der Waals surface area contributed by atoms with Crippen molar-refractivity contribution >= 4 is 0 Å². The maximum absolute atomic E-state index is 8.21. The van der Waals surface area contributed by atoms with Gasteiger partial charge in [0, 0.05) is 6.54 Å². The van der Waals surface area contributed by atoms with Gasteiger partial charge in [-0.25, -0.2) is 5.48 Å². The highest BCUT2D eigenvalue weighted by Gasteiger charge is 1.96. The van der Waals surface area contributed by atoms with E-state index < -0.39 is 0 Å². The highest BCUT2D eigenvalue weighted by atomic mass is 16.5. The van der Waals surface area contributed by atoms with Crippen molar-refractivity contribution < 1.29 is 5.21 Å². The van der Waals surface area contributed by atoms with Crippen molar-refractivity contribution in [3.8, 4) is 0 Å². The zero-order valence-electron chi connectivity index (χ0n) is 5.65. The lowest BCUT2D eigenvalue weighted by Gasteiger charge is -2.05. The van der Waals surface area contributed by atoms with Gasteiger partial charge in [0.15, 0.2) is 0 Å². The van der Waals surface area contributed by atoms with Gasteiger partial charge in [0.05, 0.1) is 0 Å². The summed E-state index contributed by atoms with van der Waals surface area (Å²) in [5.74, 6) is 0.602. The van der Waals surface area contributed by atoms with Crippen LogP contribution < -0.4 is 5.48 Å². The number of hydroxylamine groups is 1. The number of nitrogens with one attached hydrogen (secondary N) is 1. The van der Waals surface area contributed by atoms with E-state index >= 15 is 0 Å². The van der Waals surface area contributed by atoms with Crippen LogP contribution in [0.4, 0.5) is 0 Å². The molecule has 0 bridgehead atoms. The van der Waals surface area contributed by atoms with Crippen LogP contribution in [0, 0.1) is 5.92 Å². The highest BCUT2D eigenvalue weighted by molar-refractivity contribution is 4.50. The molecule has 0 fully saturated rings. The summed E-state index contributed by atoms with van der Waals surface area (Å²) < 4.78 is 0. The van der Waals surface area contributed by atoms with Gasteiger partial charge in [0.25, 0.3) is 0 Å². The van der Waals surface area contributed by atoms with Crippen molar-refractivity contribution in [3.05, 3.63) is 0 Å². The Bertz CT molecular complexity index is 41.8. The first kappa shape index (κ1) is 7.92. The van der Waals surface area contributed by atoms with Crippen LogP contribution in [-0.4, -0.2) is 11.8 Å². The van der Waals surface area contributed by atoms with Gasteiger partial charge >= 0.3 is 0 Å². The monoisotopic (exact) mass is 117 g/mol. The zero-order chi connectivity index (χ0) is 6.41. The molecule has 0 radical (unpaired) electrons. The number of hydrogen-bond acceptors (Lipinski definition) is 2. The summed E-state index contributed by atoms with van der Waals surface area (Å²) in [4.78, 5) is 0. The van der Waals surface area contributed by atoms with E-state index in [4.69, 9.17) is 5.21 Å². The van der Waals surface area contributed by atoms with Crippen LogP contribution in [0.3, 0.4) is 0 Å². The Kier molecular flexibility index (Phi) is 5.01. The molecular weight excluding hydrogens is 102 g/mol. The Balaban J connectivity index is 2.92.